The predicted molar refractivity (Wildman–Crippen MR) is 86.2 cm³/mol. The van der Waals surface area contributed by atoms with Crippen LogP contribution in [0.4, 0.5) is 0 Å². The largest absolute Gasteiger partial charge is 0.379 e. The normalized spacial score (nSPS) is 11.1. The second-order valence-electron chi connectivity index (χ2n) is 5.86. The van der Waals surface area contributed by atoms with Crippen molar-refractivity contribution in [2.45, 2.75) is 103 Å². The highest BCUT2D eigenvalue weighted by Gasteiger charge is 1.94. The predicted octanol–water partition coefficient (Wildman–Crippen LogP) is 6.67. The molecule has 0 N–H and O–H groups in total. The van der Waals surface area contributed by atoms with Crippen LogP contribution in [0.2, 0.25) is 0 Å². The number of rotatable bonds is 16. The third-order valence-electron chi connectivity index (χ3n) is 3.89. The summed E-state index contributed by atoms with van der Waals surface area (Å²) in [7, 11) is 3.39. The number of ether oxygens (including phenoxy) is 1. The van der Waals surface area contributed by atoms with Crippen molar-refractivity contribution in [3.8, 4) is 0 Å². The Kier molecular flexibility index (Phi) is 17.9. The van der Waals surface area contributed by atoms with Gasteiger partial charge in [0.2, 0.25) is 0 Å². The van der Waals surface area contributed by atoms with Crippen LogP contribution in [0.15, 0.2) is 0 Å². The zero-order valence-corrected chi connectivity index (χ0v) is 13.4. The molecule has 0 saturated heterocycles. The van der Waals surface area contributed by atoms with Crippen LogP contribution in [0.25, 0.3) is 0 Å². The molecule has 0 bridgehead atoms. The zero-order chi connectivity index (χ0) is 14.0. The first kappa shape index (κ1) is 19.0. The van der Waals surface area contributed by atoms with Gasteiger partial charge >= 0.3 is 0 Å². The minimum Gasteiger partial charge on any atom is -0.379 e. The average Bonchev–Trinajstić information content (AvgIpc) is 2.43. The van der Waals surface area contributed by atoms with Crippen molar-refractivity contribution in [1.82, 2.24) is 0 Å². The Labute approximate surface area is 122 Å². The lowest BCUT2D eigenvalue weighted by Gasteiger charge is -2.03. The van der Waals surface area contributed by atoms with E-state index in [1.165, 1.54) is 96.3 Å². The van der Waals surface area contributed by atoms with E-state index in [0.717, 1.165) is 6.61 Å². The molecule has 0 aromatic carbocycles. The van der Waals surface area contributed by atoms with Crippen molar-refractivity contribution >= 4 is 0 Å². The lowest BCUT2D eigenvalue weighted by Crippen LogP contribution is -1.87. The van der Waals surface area contributed by atoms with Gasteiger partial charge in [-0.05, 0) is 6.42 Å². The first-order valence-electron chi connectivity index (χ1n) is 8.78. The lowest BCUT2D eigenvalue weighted by molar-refractivity contribution is 0.233. The highest BCUT2D eigenvalue weighted by Crippen LogP contribution is 2.13. The number of unbranched alkanes of at least 4 members (excludes halogenated alkanes) is 14. The van der Waals surface area contributed by atoms with Crippen LogP contribution in [0, 0.1) is 7.11 Å². The van der Waals surface area contributed by atoms with Gasteiger partial charge in [-0.25, -0.2) is 0 Å². The fourth-order valence-electron chi connectivity index (χ4n) is 2.58. The molecule has 0 aromatic rings. The van der Waals surface area contributed by atoms with Gasteiger partial charge in [-0.15, -0.1) is 0 Å². The molecule has 0 fully saturated rings. The van der Waals surface area contributed by atoms with E-state index in [2.05, 4.69) is 14.0 Å². The highest BCUT2D eigenvalue weighted by atomic mass is 16.5. The van der Waals surface area contributed by atoms with Gasteiger partial charge in [0, 0.05) is 6.61 Å². The van der Waals surface area contributed by atoms with Gasteiger partial charge in [-0.3, -0.25) is 0 Å². The summed E-state index contributed by atoms with van der Waals surface area (Å²) in [5.74, 6) is 0. The molecule has 0 saturated carbocycles. The summed E-state index contributed by atoms with van der Waals surface area (Å²) in [6.45, 7) is 3.12. The summed E-state index contributed by atoms with van der Waals surface area (Å²) < 4.78 is 4.81. The molecule has 1 nitrogen and oxygen atoms in total. The Morgan fingerprint density at radius 3 is 1.16 bits per heavy atom. The van der Waals surface area contributed by atoms with Gasteiger partial charge in [-0.1, -0.05) is 96.8 Å². The molecule has 0 heterocycles. The summed E-state index contributed by atoms with van der Waals surface area (Å²) in [5, 5.41) is 0. The van der Waals surface area contributed by atoms with E-state index in [1.807, 2.05) is 0 Å². The number of hydrogen-bond donors (Lipinski definition) is 0. The molecule has 0 atom stereocenters. The molecule has 0 spiro atoms. The molecule has 115 valence electrons. The van der Waals surface area contributed by atoms with Crippen molar-refractivity contribution in [2.24, 2.45) is 0 Å². The third-order valence-corrected chi connectivity index (χ3v) is 3.89. The standard InChI is InChI=1S/C18H37O/c1-3-4-5-6-7-8-9-10-11-12-13-14-15-16-17-18-19-2/h2-18H2,1H3. The van der Waals surface area contributed by atoms with Crippen molar-refractivity contribution < 1.29 is 4.74 Å². The second kappa shape index (κ2) is 18.0. The maximum atomic E-state index is 4.81. The van der Waals surface area contributed by atoms with Gasteiger partial charge in [0.15, 0.2) is 0 Å². The fraction of sp³-hybridized carbons (Fsp3) is 0.944. The van der Waals surface area contributed by atoms with Crippen LogP contribution >= 0.6 is 0 Å². The molecular weight excluding hydrogens is 232 g/mol. The first-order chi connectivity index (χ1) is 9.41. The van der Waals surface area contributed by atoms with Gasteiger partial charge in [-0.2, -0.15) is 0 Å². The Morgan fingerprint density at radius 1 is 0.526 bits per heavy atom. The van der Waals surface area contributed by atoms with Crippen LogP contribution in [0.3, 0.4) is 0 Å². The van der Waals surface area contributed by atoms with E-state index in [-0.39, 0.29) is 0 Å². The molecular formula is C18H37O. The molecule has 19 heavy (non-hydrogen) atoms. The van der Waals surface area contributed by atoms with Crippen LogP contribution in [0.1, 0.15) is 103 Å². The molecule has 0 aliphatic carbocycles. The van der Waals surface area contributed by atoms with Crippen LogP contribution in [0.5, 0.6) is 0 Å². The molecule has 0 rings (SSSR count). The zero-order valence-electron chi connectivity index (χ0n) is 13.4. The van der Waals surface area contributed by atoms with E-state index < -0.39 is 0 Å². The molecule has 0 aromatic heterocycles. The van der Waals surface area contributed by atoms with E-state index in [1.54, 1.807) is 0 Å². The highest BCUT2D eigenvalue weighted by molar-refractivity contribution is 4.49. The smallest absolute Gasteiger partial charge is 0.0700 e. The van der Waals surface area contributed by atoms with Crippen molar-refractivity contribution in [3.63, 3.8) is 0 Å². The fourth-order valence-corrected chi connectivity index (χ4v) is 2.58. The maximum absolute atomic E-state index is 4.81. The van der Waals surface area contributed by atoms with Gasteiger partial charge in [0.05, 0.1) is 7.11 Å². The summed E-state index contributed by atoms with van der Waals surface area (Å²) >= 11 is 0. The van der Waals surface area contributed by atoms with E-state index in [0.29, 0.717) is 0 Å². The maximum Gasteiger partial charge on any atom is 0.0700 e. The molecule has 1 heteroatoms. The minimum absolute atomic E-state index is 0.832. The number of hydrogen-bond acceptors (Lipinski definition) is 1. The Balaban J connectivity index is 2.88. The lowest BCUT2D eigenvalue weighted by atomic mass is 10.0. The quantitative estimate of drug-likeness (QED) is 0.284. The minimum atomic E-state index is 0.832. The third kappa shape index (κ3) is 18.0. The summed E-state index contributed by atoms with van der Waals surface area (Å²) in [5.41, 5.74) is 0. The topological polar surface area (TPSA) is 9.23 Å². The Morgan fingerprint density at radius 2 is 0.842 bits per heavy atom. The van der Waals surface area contributed by atoms with Crippen molar-refractivity contribution in [3.05, 3.63) is 7.11 Å². The molecule has 1 radical (unpaired) electrons. The van der Waals surface area contributed by atoms with Crippen molar-refractivity contribution in [1.29, 1.82) is 0 Å². The summed E-state index contributed by atoms with van der Waals surface area (Å²) in [6.07, 6.45) is 21.2. The SMILES string of the molecule is [CH2]OCCCCCCCCCCCCCCCCC. The Hall–Kier alpha value is -0.0400. The average molecular weight is 269 g/mol. The molecule has 0 unspecified atom stereocenters. The summed E-state index contributed by atoms with van der Waals surface area (Å²) in [6, 6.07) is 0. The van der Waals surface area contributed by atoms with E-state index >= 15 is 0 Å². The second-order valence-corrected chi connectivity index (χ2v) is 5.86. The van der Waals surface area contributed by atoms with Crippen LogP contribution < -0.4 is 0 Å². The molecule has 0 aliphatic heterocycles. The van der Waals surface area contributed by atoms with E-state index in [9.17, 15) is 0 Å². The Bertz CT molecular complexity index is 129. The van der Waals surface area contributed by atoms with Crippen LogP contribution in [-0.2, 0) is 4.74 Å². The first-order valence-corrected chi connectivity index (χ1v) is 8.78. The molecule has 0 amide bonds. The monoisotopic (exact) mass is 269 g/mol. The van der Waals surface area contributed by atoms with Gasteiger partial charge < -0.3 is 4.74 Å². The van der Waals surface area contributed by atoms with Crippen LogP contribution in [-0.4, -0.2) is 6.61 Å². The molecule has 0 aliphatic rings. The van der Waals surface area contributed by atoms with Gasteiger partial charge in [0.1, 0.15) is 0 Å². The summed E-state index contributed by atoms with van der Waals surface area (Å²) in [4.78, 5) is 0. The van der Waals surface area contributed by atoms with E-state index in [4.69, 9.17) is 4.74 Å². The van der Waals surface area contributed by atoms with Crippen molar-refractivity contribution in [2.75, 3.05) is 6.61 Å². The van der Waals surface area contributed by atoms with Gasteiger partial charge in [0.25, 0.3) is 0 Å².